The average molecular weight is 227 g/mol. The molecule has 2 heteroatoms. The molecule has 0 aromatic rings. The van der Waals surface area contributed by atoms with Gasteiger partial charge >= 0.3 is 0 Å². The summed E-state index contributed by atoms with van der Waals surface area (Å²) in [5, 5.41) is 3.88. The second kappa shape index (κ2) is 3.96. The molecule has 15 heavy (non-hydrogen) atoms. The van der Waals surface area contributed by atoms with Crippen LogP contribution in [0.15, 0.2) is 0 Å². The minimum Gasteiger partial charge on any atom is -0.300 e. The van der Waals surface area contributed by atoms with E-state index in [4.69, 9.17) is 0 Å². The maximum atomic E-state index is 3.88. The Balaban J connectivity index is 2.12. The molecule has 0 bridgehead atoms. The van der Waals surface area contributed by atoms with E-state index in [-0.39, 0.29) is 0 Å². The van der Waals surface area contributed by atoms with Crippen molar-refractivity contribution in [1.82, 2.24) is 5.32 Å². The van der Waals surface area contributed by atoms with Gasteiger partial charge in [0, 0.05) is 6.04 Å². The quantitative estimate of drug-likeness (QED) is 0.678. The Hall–Kier alpha value is 0.310. The highest BCUT2D eigenvalue weighted by Gasteiger charge is 2.44. The second-order valence-corrected chi connectivity index (χ2v) is 8.01. The molecule has 1 N–H and O–H groups in total. The van der Waals surface area contributed by atoms with Gasteiger partial charge in [0.1, 0.15) is 0 Å². The zero-order chi connectivity index (χ0) is 11.1. The third kappa shape index (κ3) is 2.71. The molecule has 0 aromatic heterocycles. The Bertz CT molecular complexity index is 235. The van der Waals surface area contributed by atoms with E-state index in [1.165, 1.54) is 31.4 Å². The number of hydrogen-bond donors (Lipinski definition) is 1. The highest BCUT2D eigenvalue weighted by atomic mass is 32.2. The van der Waals surface area contributed by atoms with Crippen LogP contribution in [0.3, 0.4) is 0 Å². The first-order chi connectivity index (χ1) is 6.91. The molecule has 1 spiro atoms. The third-order valence-electron chi connectivity index (χ3n) is 3.78. The Morgan fingerprint density at radius 2 is 1.93 bits per heavy atom. The van der Waals surface area contributed by atoms with Crippen molar-refractivity contribution < 1.29 is 0 Å². The molecule has 2 aliphatic rings. The fraction of sp³-hybridized carbons (Fsp3) is 1.00. The van der Waals surface area contributed by atoms with Crippen molar-refractivity contribution in [3.05, 3.63) is 0 Å². The van der Waals surface area contributed by atoms with Crippen molar-refractivity contribution in [2.75, 3.05) is 5.75 Å². The molecule has 1 aliphatic heterocycles. The number of nitrogens with one attached hydrogen (secondary N) is 1. The van der Waals surface area contributed by atoms with E-state index < -0.39 is 0 Å². The molecule has 0 radical (unpaired) electrons. The molecule has 1 nitrogen and oxygen atoms in total. The van der Waals surface area contributed by atoms with Gasteiger partial charge in [0.05, 0.1) is 4.87 Å². The molecule has 2 fully saturated rings. The lowest BCUT2D eigenvalue weighted by Crippen LogP contribution is -2.55. The van der Waals surface area contributed by atoms with E-state index >= 15 is 0 Å². The molecule has 1 saturated carbocycles. The molecule has 88 valence electrons. The van der Waals surface area contributed by atoms with Gasteiger partial charge in [-0.15, -0.1) is 11.8 Å². The van der Waals surface area contributed by atoms with Gasteiger partial charge in [-0.3, -0.25) is 0 Å². The molecule has 3 unspecified atom stereocenters. The summed E-state index contributed by atoms with van der Waals surface area (Å²) in [7, 11) is 0. The van der Waals surface area contributed by atoms with Crippen LogP contribution in [0.5, 0.6) is 0 Å². The molecule has 3 atom stereocenters. The number of rotatable bonds is 0. The van der Waals surface area contributed by atoms with E-state index in [9.17, 15) is 0 Å². The van der Waals surface area contributed by atoms with E-state index in [0.717, 1.165) is 5.92 Å². The summed E-state index contributed by atoms with van der Waals surface area (Å²) in [5.41, 5.74) is 0.523. The van der Waals surface area contributed by atoms with Crippen molar-refractivity contribution in [2.45, 2.75) is 64.3 Å². The van der Waals surface area contributed by atoms with E-state index in [0.29, 0.717) is 16.3 Å². The summed E-state index contributed by atoms with van der Waals surface area (Å²) in [6, 6.07) is 0.715. The Labute approximate surface area is 98.8 Å². The van der Waals surface area contributed by atoms with Crippen LogP contribution in [0.2, 0.25) is 0 Å². The van der Waals surface area contributed by atoms with Crippen LogP contribution in [0.4, 0.5) is 0 Å². The molecule has 1 aliphatic carbocycles. The van der Waals surface area contributed by atoms with Crippen LogP contribution < -0.4 is 5.32 Å². The first-order valence-electron chi connectivity index (χ1n) is 6.33. The predicted molar refractivity (Wildman–Crippen MR) is 69.2 cm³/mol. The van der Waals surface area contributed by atoms with Crippen molar-refractivity contribution in [3.8, 4) is 0 Å². The molecule has 1 saturated heterocycles. The fourth-order valence-electron chi connectivity index (χ4n) is 3.71. The molecule has 0 amide bonds. The van der Waals surface area contributed by atoms with Crippen LogP contribution in [0, 0.1) is 11.3 Å². The van der Waals surface area contributed by atoms with Gasteiger partial charge in [-0.25, -0.2) is 0 Å². The van der Waals surface area contributed by atoms with Crippen molar-refractivity contribution in [1.29, 1.82) is 0 Å². The molecule has 1 heterocycles. The van der Waals surface area contributed by atoms with Gasteiger partial charge in [0.2, 0.25) is 0 Å². The smallest absolute Gasteiger partial charge is 0.0654 e. The Morgan fingerprint density at radius 3 is 2.53 bits per heavy atom. The first kappa shape index (κ1) is 11.8. The van der Waals surface area contributed by atoms with Gasteiger partial charge < -0.3 is 5.32 Å². The zero-order valence-electron chi connectivity index (χ0n) is 10.6. The van der Waals surface area contributed by atoms with Gasteiger partial charge in [0.25, 0.3) is 0 Å². The zero-order valence-corrected chi connectivity index (χ0v) is 11.4. The normalized spacial score (nSPS) is 45.6. The van der Waals surface area contributed by atoms with Crippen LogP contribution in [0.25, 0.3) is 0 Å². The third-order valence-corrected chi connectivity index (χ3v) is 5.20. The average Bonchev–Trinajstić information content (AvgIpc) is 1.97. The van der Waals surface area contributed by atoms with Crippen LogP contribution in [-0.4, -0.2) is 16.7 Å². The van der Waals surface area contributed by atoms with Crippen LogP contribution in [0.1, 0.15) is 53.4 Å². The van der Waals surface area contributed by atoms with Gasteiger partial charge in [0.15, 0.2) is 0 Å². The standard InChI is InChI=1S/C13H25NS/c1-10-7-12(3,4)9-13(8-10)14-11(2)5-6-15-13/h10-11,14H,5-9H2,1-4H3. The maximum Gasteiger partial charge on any atom is 0.0654 e. The highest BCUT2D eigenvalue weighted by Crippen LogP contribution is 2.50. The Morgan fingerprint density at radius 1 is 1.20 bits per heavy atom. The van der Waals surface area contributed by atoms with Crippen molar-refractivity contribution >= 4 is 11.8 Å². The van der Waals surface area contributed by atoms with E-state index in [1.807, 2.05) is 0 Å². The van der Waals surface area contributed by atoms with Crippen LogP contribution in [-0.2, 0) is 0 Å². The number of hydrogen-bond acceptors (Lipinski definition) is 2. The van der Waals surface area contributed by atoms with E-state index in [2.05, 4.69) is 44.8 Å². The molecule has 2 rings (SSSR count). The van der Waals surface area contributed by atoms with Crippen molar-refractivity contribution in [3.63, 3.8) is 0 Å². The summed E-state index contributed by atoms with van der Waals surface area (Å²) in [6.07, 6.45) is 5.44. The predicted octanol–water partition coefficient (Wildman–Crippen LogP) is 3.64. The largest absolute Gasteiger partial charge is 0.300 e. The summed E-state index contributed by atoms with van der Waals surface area (Å²) in [6.45, 7) is 9.63. The summed E-state index contributed by atoms with van der Waals surface area (Å²) < 4.78 is 0. The Kier molecular flexibility index (Phi) is 3.11. The fourth-order valence-corrected chi connectivity index (χ4v) is 5.75. The lowest BCUT2D eigenvalue weighted by atomic mass is 9.70. The maximum absolute atomic E-state index is 3.88. The highest BCUT2D eigenvalue weighted by molar-refractivity contribution is 8.00. The lowest BCUT2D eigenvalue weighted by molar-refractivity contribution is 0.124. The molecular formula is C13H25NS. The monoisotopic (exact) mass is 227 g/mol. The lowest BCUT2D eigenvalue weighted by Gasteiger charge is -2.51. The van der Waals surface area contributed by atoms with Gasteiger partial charge in [-0.2, -0.15) is 0 Å². The SMILES string of the molecule is CC1CC(C)(C)CC2(C1)NC(C)CCS2. The van der Waals surface area contributed by atoms with Gasteiger partial charge in [-0.1, -0.05) is 20.8 Å². The van der Waals surface area contributed by atoms with Gasteiger partial charge in [-0.05, 0) is 49.7 Å². The minimum absolute atomic E-state index is 0.402. The summed E-state index contributed by atoms with van der Waals surface area (Å²) >= 11 is 2.19. The molecular weight excluding hydrogens is 202 g/mol. The second-order valence-electron chi connectivity index (χ2n) is 6.53. The van der Waals surface area contributed by atoms with Crippen molar-refractivity contribution in [2.24, 2.45) is 11.3 Å². The number of thioether (sulfide) groups is 1. The topological polar surface area (TPSA) is 12.0 Å². The summed E-state index contributed by atoms with van der Waals surface area (Å²) in [4.78, 5) is 0.402. The minimum atomic E-state index is 0.402. The van der Waals surface area contributed by atoms with Crippen LogP contribution >= 0.6 is 11.8 Å². The first-order valence-corrected chi connectivity index (χ1v) is 7.31. The summed E-state index contributed by atoms with van der Waals surface area (Å²) in [5.74, 6) is 2.22. The van der Waals surface area contributed by atoms with E-state index in [1.54, 1.807) is 0 Å². The molecule has 0 aromatic carbocycles.